The maximum atomic E-state index is 11.3. The van der Waals surface area contributed by atoms with Gasteiger partial charge in [0.05, 0.1) is 12.5 Å². The highest BCUT2D eigenvalue weighted by Gasteiger charge is 2.27. The summed E-state index contributed by atoms with van der Waals surface area (Å²) in [6.45, 7) is 1.92. The molecule has 0 aromatic rings. The first-order valence-corrected chi connectivity index (χ1v) is 4.39. The first-order chi connectivity index (χ1) is 6.66. The van der Waals surface area contributed by atoms with Crippen LogP contribution in [0.4, 0.5) is 0 Å². The number of carbonyl (C=O) groups excluding carboxylic acids is 2. The predicted octanol–water partition coefficient (Wildman–Crippen LogP) is -0.342. The molecule has 0 saturated heterocycles. The number of rotatable bonds is 3. The van der Waals surface area contributed by atoms with Crippen LogP contribution in [0.2, 0.25) is 0 Å². The van der Waals surface area contributed by atoms with E-state index >= 15 is 0 Å². The molecule has 1 rings (SSSR count). The van der Waals surface area contributed by atoms with Crippen LogP contribution < -0.4 is 5.11 Å². The lowest BCUT2D eigenvalue weighted by Crippen LogP contribution is -2.38. The predicted molar refractivity (Wildman–Crippen MR) is 46.9 cm³/mol. The molecule has 1 aliphatic carbocycles. The second kappa shape index (κ2) is 4.60. The molecule has 76 valence electrons. The van der Waals surface area contributed by atoms with Crippen LogP contribution in [0.25, 0.3) is 0 Å². The van der Waals surface area contributed by atoms with Crippen LogP contribution in [-0.4, -0.2) is 18.5 Å². The van der Waals surface area contributed by atoms with E-state index in [-0.39, 0.29) is 6.61 Å². The van der Waals surface area contributed by atoms with Gasteiger partial charge in [-0.15, -0.1) is 0 Å². The number of carbonyl (C=O) groups is 2. The molecule has 0 saturated carbocycles. The minimum Gasteiger partial charge on any atom is -0.549 e. The van der Waals surface area contributed by atoms with Gasteiger partial charge in [0, 0.05) is 11.9 Å². The Morgan fingerprint density at radius 1 is 1.29 bits per heavy atom. The summed E-state index contributed by atoms with van der Waals surface area (Å²) in [6.07, 6.45) is 6.15. The van der Waals surface area contributed by atoms with Crippen molar-refractivity contribution in [1.82, 2.24) is 0 Å². The topological polar surface area (TPSA) is 66.4 Å². The van der Waals surface area contributed by atoms with Crippen molar-refractivity contribution in [3.63, 3.8) is 0 Å². The van der Waals surface area contributed by atoms with Gasteiger partial charge in [-0.25, -0.2) is 0 Å². The molecule has 0 aliphatic heterocycles. The van der Waals surface area contributed by atoms with Gasteiger partial charge in [-0.05, 0) is 6.92 Å². The summed E-state index contributed by atoms with van der Waals surface area (Å²) < 4.78 is 4.75. The molecular formula is C10H11O4-. The second-order valence-corrected chi connectivity index (χ2v) is 2.89. The third-order valence-electron chi connectivity index (χ3n) is 1.97. The monoisotopic (exact) mass is 195 g/mol. The number of carboxylic acid groups (broad SMARTS) is 1. The van der Waals surface area contributed by atoms with Crippen molar-refractivity contribution in [1.29, 1.82) is 0 Å². The van der Waals surface area contributed by atoms with Gasteiger partial charge in [0.15, 0.2) is 0 Å². The summed E-state index contributed by atoms with van der Waals surface area (Å²) in [5.74, 6) is -3.46. The SMILES string of the molecule is CCOC(=O)C1C=CC=CC1C(=O)[O-]. The maximum Gasteiger partial charge on any atom is 0.313 e. The summed E-state index contributed by atoms with van der Waals surface area (Å²) >= 11 is 0. The van der Waals surface area contributed by atoms with Crippen molar-refractivity contribution in [3.8, 4) is 0 Å². The molecule has 4 nitrogen and oxygen atoms in total. The van der Waals surface area contributed by atoms with E-state index in [2.05, 4.69) is 0 Å². The molecule has 0 heterocycles. The molecule has 0 N–H and O–H groups in total. The van der Waals surface area contributed by atoms with E-state index in [1.54, 1.807) is 19.1 Å². The van der Waals surface area contributed by atoms with Crippen molar-refractivity contribution < 1.29 is 19.4 Å². The van der Waals surface area contributed by atoms with Crippen LogP contribution in [0.5, 0.6) is 0 Å². The highest BCUT2D eigenvalue weighted by Crippen LogP contribution is 2.20. The molecule has 0 spiro atoms. The molecule has 14 heavy (non-hydrogen) atoms. The highest BCUT2D eigenvalue weighted by molar-refractivity contribution is 5.83. The van der Waals surface area contributed by atoms with Crippen molar-refractivity contribution in [2.24, 2.45) is 11.8 Å². The fourth-order valence-electron chi connectivity index (χ4n) is 1.30. The van der Waals surface area contributed by atoms with Gasteiger partial charge in [0.25, 0.3) is 0 Å². The average Bonchev–Trinajstić information content (AvgIpc) is 2.18. The Bertz CT molecular complexity index is 290. The highest BCUT2D eigenvalue weighted by atomic mass is 16.5. The summed E-state index contributed by atoms with van der Waals surface area (Å²) in [7, 11) is 0. The Morgan fingerprint density at radius 2 is 1.86 bits per heavy atom. The number of esters is 1. The Kier molecular flexibility index (Phi) is 3.45. The summed E-state index contributed by atoms with van der Waals surface area (Å²) in [5.41, 5.74) is 0. The molecule has 4 heteroatoms. The van der Waals surface area contributed by atoms with E-state index in [1.807, 2.05) is 0 Å². The lowest BCUT2D eigenvalue weighted by atomic mass is 9.88. The first-order valence-electron chi connectivity index (χ1n) is 4.39. The summed E-state index contributed by atoms with van der Waals surface area (Å²) in [4.78, 5) is 22.0. The van der Waals surface area contributed by atoms with E-state index in [9.17, 15) is 14.7 Å². The lowest BCUT2D eigenvalue weighted by molar-refractivity contribution is -0.310. The van der Waals surface area contributed by atoms with Crippen LogP contribution in [0, 0.1) is 11.8 Å². The molecule has 0 fully saturated rings. The van der Waals surface area contributed by atoms with Crippen LogP contribution in [0.3, 0.4) is 0 Å². The van der Waals surface area contributed by atoms with Crippen LogP contribution in [0.15, 0.2) is 24.3 Å². The quantitative estimate of drug-likeness (QED) is 0.578. The molecule has 0 amide bonds. The number of allylic oxidation sites excluding steroid dienone is 2. The van der Waals surface area contributed by atoms with Gasteiger partial charge >= 0.3 is 5.97 Å². The van der Waals surface area contributed by atoms with Gasteiger partial charge < -0.3 is 14.6 Å². The number of ether oxygens (including phenoxy) is 1. The molecule has 1 aliphatic rings. The fourth-order valence-corrected chi connectivity index (χ4v) is 1.30. The standard InChI is InChI=1S/C10H12O4/c1-2-14-10(13)8-6-4-3-5-7(8)9(11)12/h3-8H,2H2,1H3,(H,11,12)/p-1. The minimum absolute atomic E-state index is 0.243. The van der Waals surface area contributed by atoms with Crippen molar-refractivity contribution in [2.45, 2.75) is 6.92 Å². The molecule has 2 atom stereocenters. The zero-order chi connectivity index (χ0) is 10.6. The third-order valence-corrected chi connectivity index (χ3v) is 1.97. The largest absolute Gasteiger partial charge is 0.549 e. The molecule has 0 aromatic heterocycles. The van der Waals surface area contributed by atoms with E-state index in [4.69, 9.17) is 4.74 Å². The van der Waals surface area contributed by atoms with Gasteiger partial charge in [0.1, 0.15) is 0 Å². The van der Waals surface area contributed by atoms with Gasteiger partial charge in [-0.3, -0.25) is 4.79 Å². The molecule has 0 aromatic carbocycles. The van der Waals surface area contributed by atoms with E-state index < -0.39 is 23.8 Å². The van der Waals surface area contributed by atoms with E-state index in [1.165, 1.54) is 12.2 Å². The average molecular weight is 195 g/mol. The number of hydrogen-bond acceptors (Lipinski definition) is 4. The van der Waals surface area contributed by atoms with Crippen LogP contribution >= 0.6 is 0 Å². The Hall–Kier alpha value is -1.58. The van der Waals surface area contributed by atoms with E-state index in [0.717, 1.165) is 0 Å². The number of aliphatic carboxylic acids is 1. The smallest absolute Gasteiger partial charge is 0.313 e. The zero-order valence-corrected chi connectivity index (χ0v) is 7.80. The Labute approximate surface area is 81.9 Å². The first kappa shape index (κ1) is 10.5. The maximum absolute atomic E-state index is 11.3. The Morgan fingerprint density at radius 3 is 2.36 bits per heavy atom. The fraction of sp³-hybridized carbons (Fsp3) is 0.400. The van der Waals surface area contributed by atoms with Gasteiger partial charge in [-0.2, -0.15) is 0 Å². The van der Waals surface area contributed by atoms with Crippen molar-refractivity contribution in [2.75, 3.05) is 6.61 Å². The minimum atomic E-state index is -1.26. The molecule has 2 unspecified atom stereocenters. The van der Waals surface area contributed by atoms with Crippen molar-refractivity contribution >= 4 is 11.9 Å². The van der Waals surface area contributed by atoms with Crippen molar-refractivity contribution in [3.05, 3.63) is 24.3 Å². The molecule has 0 bridgehead atoms. The normalized spacial score (nSPS) is 24.6. The van der Waals surface area contributed by atoms with E-state index in [0.29, 0.717) is 0 Å². The van der Waals surface area contributed by atoms with Gasteiger partial charge in [0.2, 0.25) is 0 Å². The summed E-state index contributed by atoms with van der Waals surface area (Å²) in [6, 6.07) is 0. The molecular weight excluding hydrogens is 184 g/mol. The zero-order valence-electron chi connectivity index (χ0n) is 7.80. The van der Waals surface area contributed by atoms with Crippen LogP contribution in [-0.2, 0) is 14.3 Å². The summed E-state index contributed by atoms with van der Waals surface area (Å²) in [5, 5.41) is 10.7. The molecule has 0 radical (unpaired) electrons. The van der Waals surface area contributed by atoms with Crippen LogP contribution in [0.1, 0.15) is 6.92 Å². The lowest BCUT2D eigenvalue weighted by Gasteiger charge is -2.22. The van der Waals surface area contributed by atoms with Gasteiger partial charge in [-0.1, -0.05) is 24.3 Å². The third kappa shape index (κ3) is 2.22. The number of hydrogen-bond donors (Lipinski definition) is 0. The number of carboxylic acids is 1. The second-order valence-electron chi connectivity index (χ2n) is 2.89. The Balaban J connectivity index is 2.75.